The fourth-order valence-electron chi connectivity index (χ4n) is 1.42. The molecule has 7 heteroatoms. The van der Waals surface area contributed by atoms with Crippen molar-refractivity contribution in [3.05, 3.63) is 0 Å². The number of aliphatic hydroxyl groups is 1. The van der Waals surface area contributed by atoms with Gasteiger partial charge < -0.3 is 15.4 Å². The summed E-state index contributed by atoms with van der Waals surface area (Å²) in [4.78, 5) is 0. The van der Waals surface area contributed by atoms with Crippen LogP contribution in [0.15, 0.2) is 0 Å². The van der Waals surface area contributed by atoms with Crippen LogP contribution in [0, 0.1) is 0 Å². The van der Waals surface area contributed by atoms with E-state index in [-0.39, 0.29) is 12.8 Å². The number of hydrogen-bond acceptors (Lipinski definition) is 4. The predicted molar refractivity (Wildman–Crippen MR) is 49.7 cm³/mol. The second-order valence-electron chi connectivity index (χ2n) is 3.13. The third-order valence-electron chi connectivity index (χ3n) is 1.92. The minimum absolute atomic E-state index is 0. The molecule has 14 heavy (non-hydrogen) atoms. The molecule has 0 amide bonds. The lowest BCUT2D eigenvalue weighted by atomic mass is 9.96. The SMILES string of the molecule is O=S(=O)([O-])NC1CCCCC1.[NH3+]CO. The maximum absolute atomic E-state index is 10.2. The van der Waals surface area contributed by atoms with Crippen LogP contribution in [-0.2, 0) is 10.3 Å². The molecule has 0 unspecified atom stereocenters. The Kier molecular flexibility index (Phi) is 7.02. The first-order valence-corrected chi connectivity index (χ1v) is 6.03. The molecule has 1 aliphatic carbocycles. The summed E-state index contributed by atoms with van der Waals surface area (Å²) in [6.45, 7) is 0. The molecule has 1 fully saturated rings. The van der Waals surface area contributed by atoms with Gasteiger partial charge in [0.25, 0.3) is 0 Å². The standard InChI is InChI=1S/C6H13NO3S.CH5NO/c8-11(9,10)7-6-4-2-1-3-5-6;2-1-3/h6-7H,1-5H2,(H,8,9,10);3H,1-2H2. The van der Waals surface area contributed by atoms with Crippen LogP contribution < -0.4 is 10.5 Å². The van der Waals surface area contributed by atoms with E-state index in [1.165, 1.54) is 0 Å². The van der Waals surface area contributed by atoms with Crippen LogP contribution in [0.5, 0.6) is 0 Å². The van der Waals surface area contributed by atoms with Crippen LogP contribution in [0.3, 0.4) is 0 Å². The summed E-state index contributed by atoms with van der Waals surface area (Å²) < 4.78 is 32.8. The number of hydrogen-bond donors (Lipinski definition) is 3. The monoisotopic (exact) mass is 226 g/mol. The fourth-order valence-corrected chi connectivity index (χ4v) is 2.07. The summed E-state index contributed by atoms with van der Waals surface area (Å²) in [5, 5.41) is 7.46. The highest BCUT2D eigenvalue weighted by atomic mass is 32.2. The van der Waals surface area contributed by atoms with Crippen LogP contribution in [0.1, 0.15) is 32.1 Å². The summed E-state index contributed by atoms with van der Waals surface area (Å²) in [5.74, 6) is 0. The average molecular weight is 226 g/mol. The van der Waals surface area contributed by atoms with E-state index in [2.05, 4.69) is 10.5 Å². The van der Waals surface area contributed by atoms with E-state index >= 15 is 0 Å². The Morgan fingerprint density at radius 3 is 2.14 bits per heavy atom. The lowest BCUT2D eigenvalue weighted by Crippen LogP contribution is -2.49. The lowest BCUT2D eigenvalue weighted by Gasteiger charge is -2.23. The van der Waals surface area contributed by atoms with Gasteiger partial charge in [-0.3, -0.25) is 0 Å². The Hall–Kier alpha value is -0.210. The van der Waals surface area contributed by atoms with Crippen molar-refractivity contribution in [2.45, 2.75) is 38.1 Å². The van der Waals surface area contributed by atoms with E-state index in [1.807, 2.05) is 0 Å². The fraction of sp³-hybridized carbons (Fsp3) is 1.00. The first-order valence-electron chi connectivity index (χ1n) is 4.63. The smallest absolute Gasteiger partial charge is 0.175 e. The molecule has 0 saturated heterocycles. The first-order chi connectivity index (χ1) is 6.49. The summed E-state index contributed by atoms with van der Waals surface area (Å²) in [6, 6.07) is -0.105. The topological polar surface area (TPSA) is 117 Å². The number of nitrogens with one attached hydrogen (secondary N) is 1. The Balaban J connectivity index is 0.000000500. The molecule has 6 nitrogen and oxygen atoms in total. The van der Waals surface area contributed by atoms with Crippen molar-refractivity contribution < 1.29 is 23.8 Å². The van der Waals surface area contributed by atoms with Crippen LogP contribution in [0.25, 0.3) is 0 Å². The normalized spacial score (nSPS) is 18.5. The van der Waals surface area contributed by atoms with E-state index in [4.69, 9.17) is 5.11 Å². The molecule has 0 heterocycles. The third-order valence-corrected chi connectivity index (χ3v) is 2.54. The molecule has 1 aliphatic rings. The lowest BCUT2D eigenvalue weighted by molar-refractivity contribution is -0.421. The van der Waals surface area contributed by atoms with Gasteiger partial charge in [0.05, 0.1) is 0 Å². The Morgan fingerprint density at radius 1 is 1.36 bits per heavy atom. The first kappa shape index (κ1) is 13.8. The molecular weight excluding hydrogens is 208 g/mol. The molecule has 0 atom stereocenters. The molecule has 0 aromatic heterocycles. The molecular formula is C7H18N2O4S. The number of rotatable bonds is 2. The highest BCUT2D eigenvalue weighted by Crippen LogP contribution is 2.17. The van der Waals surface area contributed by atoms with Crippen LogP contribution in [0.4, 0.5) is 0 Å². The van der Waals surface area contributed by atoms with Gasteiger partial charge in [-0.25, -0.2) is 13.1 Å². The van der Waals surface area contributed by atoms with Crippen LogP contribution in [0.2, 0.25) is 0 Å². The maximum atomic E-state index is 10.2. The van der Waals surface area contributed by atoms with Gasteiger partial charge in [0.15, 0.2) is 17.0 Å². The van der Waals surface area contributed by atoms with Gasteiger partial charge in [0.1, 0.15) is 0 Å². The van der Waals surface area contributed by atoms with Crippen molar-refractivity contribution in [3.63, 3.8) is 0 Å². The zero-order chi connectivity index (χ0) is 11.0. The van der Waals surface area contributed by atoms with Gasteiger partial charge in [-0.2, -0.15) is 0 Å². The molecule has 0 bridgehead atoms. The second-order valence-corrected chi connectivity index (χ2v) is 4.27. The van der Waals surface area contributed by atoms with Gasteiger partial charge in [-0.15, -0.1) is 0 Å². The average Bonchev–Trinajstić information content (AvgIpc) is 2.04. The Morgan fingerprint density at radius 2 is 1.79 bits per heavy atom. The molecule has 0 radical (unpaired) electrons. The van der Waals surface area contributed by atoms with E-state index in [0.717, 1.165) is 32.1 Å². The van der Waals surface area contributed by atoms with Crippen LogP contribution in [-0.4, -0.2) is 30.8 Å². The van der Waals surface area contributed by atoms with Crippen molar-refractivity contribution in [3.8, 4) is 0 Å². The second kappa shape index (κ2) is 7.13. The zero-order valence-electron chi connectivity index (χ0n) is 8.11. The van der Waals surface area contributed by atoms with Crippen molar-refractivity contribution >= 4 is 10.3 Å². The molecule has 0 aliphatic heterocycles. The number of quaternary nitrogens is 1. The summed E-state index contributed by atoms with van der Waals surface area (Å²) in [5.41, 5.74) is 3.04. The quantitative estimate of drug-likeness (QED) is 0.394. The van der Waals surface area contributed by atoms with E-state index in [1.54, 1.807) is 0 Å². The van der Waals surface area contributed by atoms with Gasteiger partial charge >= 0.3 is 0 Å². The summed E-state index contributed by atoms with van der Waals surface area (Å²) in [6.07, 6.45) is 4.81. The van der Waals surface area contributed by atoms with E-state index in [0.29, 0.717) is 0 Å². The van der Waals surface area contributed by atoms with Crippen molar-refractivity contribution in [1.82, 2.24) is 4.72 Å². The van der Waals surface area contributed by atoms with Gasteiger partial charge in [0, 0.05) is 6.04 Å². The minimum atomic E-state index is -4.22. The minimum Gasteiger partial charge on any atom is -0.735 e. The molecule has 0 spiro atoms. The van der Waals surface area contributed by atoms with E-state index < -0.39 is 10.3 Å². The molecule has 1 rings (SSSR count). The van der Waals surface area contributed by atoms with Crippen LogP contribution >= 0.6 is 0 Å². The summed E-state index contributed by atoms with van der Waals surface area (Å²) >= 11 is 0. The van der Waals surface area contributed by atoms with Crippen molar-refractivity contribution in [2.75, 3.05) is 6.73 Å². The number of aliphatic hydroxyl groups excluding tert-OH is 1. The van der Waals surface area contributed by atoms with Gasteiger partial charge in [-0.1, -0.05) is 19.3 Å². The highest BCUT2D eigenvalue weighted by molar-refractivity contribution is 7.83. The molecule has 0 aromatic rings. The largest absolute Gasteiger partial charge is 0.735 e. The van der Waals surface area contributed by atoms with Gasteiger partial charge in [-0.05, 0) is 12.8 Å². The third kappa shape index (κ3) is 8.39. The highest BCUT2D eigenvalue weighted by Gasteiger charge is 2.14. The molecule has 5 N–H and O–H groups in total. The van der Waals surface area contributed by atoms with Gasteiger partial charge in [0.2, 0.25) is 0 Å². The zero-order valence-corrected chi connectivity index (χ0v) is 8.92. The molecule has 0 aromatic carbocycles. The Labute approximate surface area is 84.4 Å². The van der Waals surface area contributed by atoms with Crippen molar-refractivity contribution in [2.24, 2.45) is 0 Å². The molecule has 86 valence electrons. The Bertz CT molecular complexity index is 224. The molecule has 1 saturated carbocycles. The predicted octanol–water partition coefficient (Wildman–Crippen LogP) is -1.45. The summed E-state index contributed by atoms with van der Waals surface area (Å²) in [7, 11) is -4.22. The maximum Gasteiger partial charge on any atom is 0.175 e. The van der Waals surface area contributed by atoms with Crippen molar-refractivity contribution in [1.29, 1.82) is 0 Å². The van der Waals surface area contributed by atoms with E-state index in [9.17, 15) is 13.0 Å².